The third-order valence-electron chi connectivity index (χ3n) is 6.60. The third kappa shape index (κ3) is 7.15. The summed E-state index contributed by atoms with van der Waals surface area (Å²) in [4.78, 5) is 30.2. The number of benzene rings is 2. The molecule has 0 unspecified atom stereocenters. The molecule has 1 aliphatic rings. The van der Waals surface area contributed by atoms with E-state index in [1.807, 2.05) is 51.1 Å². The van der Waals surface area contributed by atoms with Gasteiger partial charge in [0.25, 0.3) is 0 Å². The molecule has 0 atom stereocenters. The highest BCUT2D eigenvalue weighted by atomic mass is 16.6. The minimum Gasteiger partial charge on any atom is -0.493 e. The normalized spacial score (nSPS) is 12.9. The Labute approximate surface area is 223 Å². The van der Waals surface area contributed by atoms with Crippen molar-refractivity contribution < 1.29 is 28.6 Å². The van der Waals surface area contributed by atoms with Gasteiger partial charge in [0, 0.05) is 37.9 Å². The summed E-state index contributed by atoms with van der Waals surface area (Å²) in [5.74, 6) is 1.65. The zero-order chi connectivity index (χ0) is 27.1. The molecule has 0 bridgehead atoms. The Morgan fingerprint density at radius 1 is 1.11 bits per heavy atom. The van der Waals surface area contributed by atoms with Gasteiger partial charge in [0.15, 0.2) is 5.89 Å². The van der Waals surface area contributed by atoms with Crippen LogP contribution < -0.4 is 4.74 Å². The lowest BCUT2D eigenvalue weighted by Gasteiger charge is -2.31. The molecular weight excluding hydrogens is 484 g/mol. The summed E-state index contributed by atoms with van der Waals surface area (Å²) in [5.41, 5.74) is 4.94. The standard InChI is InChI=1S/C30H36N2O6/c1-20(2)19-37-30(35)32-15-13-24-25(18-32)23(10-12-29(33)34)9-11-27(24)36-16-14-26-21(3)38-28(31-26)17-22-7-5-4-6-8-22/h4-9,11,20H,10,12-19H2,1-3H3,(H,33,34). The van der Waals surface area contributed by atoms with Crippen LogP contribution in [0.1, 0.15) is 59.9 Å². The molecule has 3 aromatic rings. The van der Waals surface area contributed by atoms with Gasteiger partial charge in [-0.3, -0.25) is 4.79 Å². The molecule has 0 fully saturated rings. The topological polar surface area (TPSA) is 102 Å². The average molecular weight is 521 g/mol. The number of fused-ring (bicyclic) bond motifs is 1. The molecule has 0 aliphatic carbocycles. The van der Waals surface area contributed by atoms with E-state index in [0.29, 0.717) is 57.9 Å². The lowest BCUT2D eigenvalue weighted by Crippen LogP contribution is -2.37. The van der Waals surface area contributed by atoms with Gasteiger partial charge < -0.3 is 23.9 Å². The molecule has 1 N–H and O–H groups in total. The van der Waals surface area contributed by atoms with E-state index in [-0.39, 0.29) is 18.4 Å². The Hall–Kier alpha value is -3.81. The fourth-order valence-corrected chi connectivity index (χ4v) is 4.63. The van der Waals surface area contributed by atoms with Crippen LogP contribution in [0.4, 0.5) is 4.79 Å². The maximum absolute atomic E-state index is 12.6. The lowest BCUT2D eigenvalue weighted by molar-refractivity contribution is -0.136. The monoisotopic (exact) mass is 520 g/mol. The molecule has 4 rings (SSSR count). The van der Waals surface area contributed by atoms with Crippen LogP contribution in [0.2, 0.25) is 0 Å². The molecule has 1 aliphatic heterocycles. The number of aliphatic carboxylic acids is 1. The van der Waals surface area contributed by atoms with Gasteiger partial charge in [-0.2, -0.15) is 0 Å². The number of carboxylic acids is 1. The van der Waals surface area contributed by atoms with E-state index in [4.69, 9.17) is 13.9 Å². The fourth-order valence-electron chi connectivity index (χ4n) is 4.63. The summed E-state index contributed by atoms with van der Waals surface area (Å²) in [6.07, 6.45) is 1.95. The molecule has 8 heteroatoms. The second-order valence-corrected chi connectivity index (χ2v) is 10.1. The van der Waals surface area contributed by atoms with Crippen LogP contribution in [0.5, 0.6) is 5.75 Å². The van der Waals surface area contributed by atoms with E-state index < -0.39 is 5.97 Å². The SMILES string of the molecule is Cc1oc(Cc2ccccc2)nc1CCOc1ccc(CCC(=O)O)c2c1CCN(C(=O)OCC(C)C)C2. The highest BCUT2D eigenvalue weighted by Crippen LogP contribution is 2.32. The maximum atomic E-state index is 12.6. The van der Waals surface area contributed by atoms with Crippen LogP contribution in [-0.4, -0.2) is 46.8 Å². The number of carboxylic acid groups (broad SMARTS) is 1. The van der Waals surface area contributed by atoms with Gasteiger partial charge >= 0.3 is 12.1 Å². The second kappa shape index (κ2) is 12.6. The van der Waals surface area contributed by atoms with Gasteiger partial charge in [-0.05, 0) is 48.4 Å². The van der Waals surface area contributed by atoms with Crippen LogP contribution >= 0.6 is 0 Å². The highest BCUT2D eigenvalue weighted by Gasteiger charge is 2.27. The van der Waals surface area contributed by atoms with Crippen LogP contribution in [-0.2, 0) is 41.8 Å². The van der Waals surface area contributed by atoms with Crippen LogP contribution in [0, 0.1) is 12.8 Å². The number of hydrogen-bond donors (Lipinski definition) is 1. The Kier molecular flexibility index (Phi) is 9.05. The van der Waals surface area contributed by atoms with E-state index in [0.717, 1.165) is 39.5 Å². The molecule has 1 amide bonds. The van der Waals surface area contributed by atoms with Crippen LogP contribution in [0.15, 0.2) is 46.9 Å². The number of amides is 1. The summed E-state index contributed by atoms with van der Waals surface area (Å²) in [6.45, 7) is 7.61. The molecule has 0 radical (unpaired) electrons. The van der Waals surface area contributed by atoms with E-state index in [2.05, 4.69) is 17.1 Å². The Morgan fingerprint density at radius 3 is 2.63 bits per heavy atom. The summed E-state index contributed by atoms with van der Waals surface area (Å²) < 4.78 is 17.5. The first-order valence-corrected chi connectivity index (χ1v) is 13.2. The molecule has 1 aromatic heterocycles. The molecule has 38 heavy (non-hydrogen) atoms. The molecule has 0 saturated carbocycles. The molecule has 8 nitrogen and oxygen atoms in total. The number of rotatable bonds is 11. The number of carbonyl (C=O) groups excluding carboxylic acids is 1. The van der Waals surface area contributed by atoms with Crippen molar-refractivity contribution in [1.82, 2.24) is 9.88 Å². The highest BCUT2D eigenvalue weighted by molar-refractivity contribution is 5.69. The van der Waals surface area contributed by atoms with Crippen molar-refractivity contribution in [2.45, 2.75) is 59.4 Å². The summed E-state index contributed by atoms with van der Waals surface area (Å²) in [7, 11) is 0. The summed E-state index contributed by atoms with van der Waals surface area (Å²) >= 11 is 0. The Morgan fingerprint density at radius 2 is 1.89 bits per heavy atom. The van der Waals surface area contributed by atoms with Crippen molar-refractivity contribution in [1.29, 1.82) is 0 Å². The van der Waals surface area contributed by atoms with Crippen molar-refractivity contribution in [3.05, 3.63) is 82.1 Å². The molecule has 2 heterocycles. The van der Waals surface area contributed by atoms with Crippen LogP contribution in [0.3, 0.4) is 0 Å². The Balaban J connectivity index is 1.44. The second-order valence-electron chi connectivity index (χ2n) is 10.1. The van der Waals surface area contributed by atoms with Crippen LogP contribution in [0.25, 0.3) is 0 Å². The van der Waals surface area contributed by atoms with E-state index in [1.54, 1.807) is 4.90 Å². The first kappa shape index (κ1) is 27.2. The van der Waals surface area contributed by atoms with Crippen molar-refractivity contribution >= 4 is 12.1 Å². The zero-order valence-corrected chi connectivity index (χ0v) is 22.4. The summed E-state index contributed by atoms with van der Waals surface area (Å²) in [6, 6.07) is 13.9. The van der Waals surface area contributed by atoms with Crippen molar-refractivity contribution in [2.24, 2.45) is 5.92 Å². The number of ether oxygens (including phenoxy) is 2. The third-order valence-corrected chi connectivity index (χ3v) is 6.60. The molecule has 0 saturated heterocycles. The Bertz CT molecular complexity index is 1250. The first-order chi connectivity index (χ1) is 18.3. The number of oxazole rings is 1. The van der Waals surface area contributed by atoms with Crippen molar-refractivity contribution in [3.63, 3.8) is 0 Å². The quantitative estimate of drug-likeness (QED) is 0.363. The minimum atomic E-state index is -0.849. The number of carbonyl (C=O) groups is 2. The first-order valence-electron chi connectivity index (χ1n) is 13.2. The van der Waals surface area contributed by atoms with Gasteiger partial charge in [-0.1, -0.05) is 50.2 Å². The van der Waals surface area contributed by atoms with Gasteiger partial charge in [0.05, 0.1) is 18.9 Å². The van der Waals surface area contributed by atoms with Crippen molar-refractivity contribution in [2.75, 3.05) is 19.8 Å². The fraction of sp³-hybridized carbons (Fsp3) is 0.433. The van der Waals surface area contributed by atoms with E-state index >= 15 is 0 Å². The number of aromatic nitrogens is 1. The van der Waals surface area contributed by atoms with Gasteiger partial charge in [0.2, 0.25) is 0 Å². The predicted molar refractivity (Wildman–Crippen MR) is 142 cm³/mol. The molecule has 202 valence electrons. The number of aryl methyl sites for hydroxylation is 2. The van der Waals surface area contributed by atoms with E-state index in [1.165, 1.54) is 0 Å². The minimum absolute atomic E-state index is 0.0290. The predicted octanol–water partition coefficient (Wildman–Crippen LogP) is 5.36. The maximum Gasteiger partial charge on any atom is 0.410 e. The van der Waals surface area contributed by atoms with Gasteiger partial charge in [-0.25, -0.2) is 9.78 Å². The number of nitrogens with zero attached hydrogens (tertiary/aromatic N) is 2. The zero-order valence-electron chi connectivity index (χ0n) is 22.4. The molecular formula is C30H36N2O6. The van der Waals surface area contributed by atoms with Gasteiger partial charge in [0.1, 0.15) is 11.5 Å². The lowest BCUT2D eigenvalue weighted by atomic mass is 9.92. The average Bonchev–Trinajstić information content (AvgIpc) is 3.25. The smallest absolute Gasteiger partial charge is 0.410 e. The van der Waals surface area contributed by atoms with E-state index in [9.17, 15) is 14.7 Å². The summed E-state index contributed by atoms with van der Waals surface area (Å²) in [5, 5.41) is 9.20. The van der Waals surface area contributed by atoms with Crippen molar-refractivity contribution in [3.8, 4) is 5.75 Å². The van der Waals surface area contributed by atoms with Gasteiger partial charge in [-0.15, -0.1) is 0 Å². The largest absolute Gasteiger partial charge is 0.493 e. The molecule has 0 spiro atoms. The number of hydrogen-bond acceptors (Lipinski definition) is 6. The molecule has 2 aromatic carbocycles.